The second-order valence-corrected chi connectivity index (χ2v) is 9.30. The molecule has 35 heavy (non-hydrogen) atoms. The molecule has 1 atom stereocenters. The molecule has 1 unspecified atom stereocenters. The van der Waals surface area contributed by atoms with Crippen molar-refractivity contribution in [3.05, 3.63) is 95.8 Å². The number of hydrogen-bond acceptors (Lipinski definition) is 6. The van der Waals surface area contributed by atoms with Gasteiger partial charge in [-0.25, -0.2) is 4.98 Å². The fourth-order valence-corrected chi connectivity index (χ4v) is 4.40. The zero-order chi connectivity index (χ0) is 24.2. The van der Waals surface area contributed by atoms with E-state index in [0.29, 0.717) is 17.9 Å². The van der Waals surface area contributed by atoms with Crippen molar-refractivity contribution >= 4 is 29.0 Å². The van der Waals surface area contributed by atoms with Gasteiger partial charge in [0.1, 0.15) is 18.0 Å². The van der Waals surface area contributed by atoms with E-state index in [0.717, 1.165) is 35.0 Å². The summed E-state index contributed by atoms with van der Waals surface area (Å²) in [7, 11) is 0. The molecule has 1 amide bonds. The quantitative estimate of drug-likeness (QED) is 0.330. The third kappa shape index (κ3) is 5.14. The van der Waals surface area contributed by atoms with Gasteiger partial charge in [0, 0.05) is 24.2 Å². The van der Waals surface area contributed by atoms with Crippen LogP contribution < -0.4 is 10.1 Å². The summed E-state index contributed by atoms with van der Waals surface area (Å²) in [5, 5.41) is 11.7. The van der Waals surface area contributed by atoms with Crippen molar-refractivity contribution in [1.82, 2.24) is 29.3 Å². The summed E-state index contributed by atoms with van der Waals surface area (Å²) in [6.45, 7) is 2.40. The number of hydrogen-bond donors (Lipinski definition) is 1. The van der Waals surface area contributed by atoms with Gasteiger partial charge in [-0.1, -0.05) is 12.1 Å². The highest BCUT2D eigenvalue weighted by Gasteiger charge is 2.21. The normalized spacial score (nSPS) is 12.2. The fraction of sp³-hybridized carbons (Fsp3) is 0.231. The average Bonchev–Trinajstić information content (AvgIpc) is 3.49. The molecular weight excluding hydrogens is 460 g/mol. The Morgan fingerprint density at radius 2 is 1.91 bits per heavy atom. The minimum atomic E-state index is -0.248. The molecule has 0 fully saturated rings. The number of nitrogens with zero attached hydrogens (tertiary/aromatic N) is 5. The van der Waals surface area contributed by atoms with Gasteiger partial charge >= 0.3 is 0 Å². The molecule has 1 aromatic carbocycles. The lowest BCUT2D eigenvalue weighted by Crippen LogP contribution is -2.30. The molecule has 9 heteroatoms. The summed E-state index contributed by atoms with van der Waals surface area (Å²) in [6.07, 6.45) is 8.72. The number of pyridine rings is 2. The van der Waals surface area contributed by atoms with Gasteiger partial charge in [-0.15, -0.1) is 10.2 Å². The maximum absolute atomic E-state index is 13.0. The van der Waals surface area contributed by atoms with E-state index in [1.165, 1.54) is 5.56 Å². The maximum Gasteiger partial charge on any atom is 0.251 e. The SMILES string of the molecule is CSCCC(NC(=O)c1ccc(OCc2cn3cc(C)ccc3n2)cc1)c1nnc2ccccn12. The van der Waals surface area contributed by atoms with Crippen LogP contribution in [-0.4, -0.2) is 41.9 Å². The number of aromatic nitrogens is 5. The third-order valence-electron chi connectivity index (χ3n) is 5.72. The molecule has 0 bridgehead atoms. The van der Waals surface area contributed by atoms with Crippen LogP contribution >= 0.6 is 11.8 Å². The Labute approximate surface area is 207 Å². The van der Waals surface area contributed by atoms with Crippen molar-refractivity contribution in [3.8, 4) is 5.75 Å². The Hall–Kier alpha value is -3.85. The number of amides is 1. The lowest BCUT2D eigenvalue weighted by atomic mass is 10.1. The van der Waals surface area contributed by atoms with Gasteiger partial charge in [0.25, 0.3) is 5.91 Å². The molecule has 0 saturated heterocycles. The lowest BCUT2D eigenvalue weighted by molar-refractivity contribution is 0.0933. The first-order valence-electron chi connectivity index (χ1n) is 11.4. The van der Waals surface area contributed by atoms with Crippen LogP contribution in [0.25, 0.3) is 11.3 Å². The molecule has 4 heterocycles. The first-order chi connectivity index (χ1) is 17.1. The van der Waals surface area contributed by atoms with E-state index in [2.05, 4.69) is 20.5 Å². The topological polar surface area (TPSA) is 85.8 Å². The van der Waals surface area contributed by atoms with Gasteiger partial charge in [0.05, 0.1) is 11.7 Å². The summed E-state index contributed by atoms with van der Waals surface area (Å²) < 4.78 is 9.81. The number of fused-ring (bicyclic) bond motifs is 2. The van der Waals surface area contributed by atoms with Crippen molar-refractivity contribution in [3.63, 3.8) is 0 Å². The molecule has 0 aliphatic heterocycles. The third-order valence-corrected chi connectivity index (χ3v) is 6.36. The zero-order valence-corrected chi connectivity index (χ0v) is 20.4. The molecule has 0 aliphatic rings. The van der Waals surface area contributed by atoms with Crippen molar-refractivity contribution in [2.75, 3.05) is 12.0 Å². The van der Waals surface area contributed by atoms with Crippen LogP contribution in [0.15, 0.2) is 73.2 Å². The van der Waals surface area contributed by atoms with Crippen molar-refractivity contribution in [1.29, 1.82) is 0 Å². The summed E-state index contributed by atoms with van der Waals surface area (Å²) in [6, 6.07) is 16.7. The number of imidazole rings is 1. The summed E-state index contributed by atoms with van der Waals surface area (Å²) >= 11 is 1.73. The minimum absolute atomic E-state index is 0.161. The van der Waals surface area contributed by atoms with Crippen LogP contribution in [0.2, 0.25) is 0 Å². The number of carbonyl (C=O) groups is 1. The van der Waals surface area contributed by atoms with Gasteiger partial charge in [-0.3, -0.25) is 9.20 Å². The molecule has 0 saturated carbocycles. The van der Waals surface area contributed by atoms with E-state index in [4.69, 9.17) is 4.74 Å². The van der Waals surface area contributed by atoms with E-state index in [-0.39, 0.29) is 11.9 Å². The van der Waals surface area contributed by atoms with Gasteiger partial charge < -0.3 is 14.5 Å². The highest BCUT2D eigenvalue weighted by Crippen LogP contribution is 2.20. The number of nitrogens with one attached hydrogen (secondary N) is 1. The van der Waals surface area contributed by atoms with Gasteiger partial charge in [-0.2, -0.15) is 11.8 Å². The van der Waals surface area contributed by atoms with Crippen LogP contribution in [0.4, 0.5) is 0 Å². The van der Waals surface area contributed by atoms with Crippen LogP contribution in [0.5, 0.6) is 5.75 Å². The number of rotatable bonds is 9. The molecule has 1 N–H and O–H groups in total. The van der Waals surface area contributed by atoms with E-state index in [9.17, 15) is 4.79 Å². The maximum atomic E-state index is 13.0. The van der Waals surface area contributed by atoms with Crippen molar-refractivity contribution < 1.29 is 9.53 Å². The number of carbonyl (C=O) groups excluding carboxylic acids is 1. The highest BCUT2D eigenvalue weighted by molar-refractivity contribution is 7.98. The highest BCUT2D eigenvalue weighted by atomic mass is 32.2. The molecule has 4 aromatic heterocycles. The van der Waals surface area contributed by atoms with Crippen molar-refractivity contribution in [2.24, 2.45) is 0 Å². The van der Waals surface area contributed by atoms with E-state index < -0.39 is 0 Å². The Balaban J connectivity index is 1.25. The van der Waals surface area contributed by atoms with Crippen LogP contribution in [-0.2, 0) is 6.61 Å². The largest absolute Gasteiger partial charge is 0.487 e. The smallest absolute Gasteiger partial charge is 0.251 e. The predicted octanol–water partition coefficient (Wildman–Crippen LogP) is 4.49. The standard InChI is InChI=1S/C26H26N6O2S/c1-18-6-11-23-27-20(16-31(23)15-18)17-34-21-9-7-19(8-10-21)26(33)28-22(12-14-35-2)25-30-29-24-5-3-4-13-32(24)25/h3-11,13,15-16,22H,12,14,17H2,1-2H3,(H,28,33). The average molecular weight is 487 g/mol. The molecule has 0 spiro atoms. The first kappa shape index (κ1) is 22.9. The summed E-state index contributed by atoms with van der Waals surface area (Å²) in [5.74, 6) is 2.14. The number of aryl methyl sites for hydroxylation is 1. The first-order valence-corrected chi connectivity index (χ1v) is 12.8. The van der Waals surface area contributed by atoms with E-state index >= 15 is 0 Å². The second-order valence-electron chi connectivity index (χ2n) is 8.31. The van der Waals surface area contributed by atoms with Crippen molar-refractivity contribution in [2.45, 2.75) is 26.0 Å². The number of benzene rings is 1. The molecule has 8 nitrogen and oxygen atoms in total. The number of ether oxygens (including phenoxy) is 1. The Morgan fingerprint density at radius 3 is 2.74 bits per heavy atom. The number of thioether (sulfide) groups is 1. The zero-order valence-electron chi connectivity index (χ0n) is 19.6. The Kier molecular flexibility index (Phi) is 6.67. The summed E-state index contributed by atoms with van der Waals surface area (Å²) in [5.41, 5.74) is 4.22. The Bertz CT molecular complexity index is 1460. The van der Waals surface area contributed by atoms with Gasteiger partial charge in [0.2, 0.25) is 0 Å². The molecule has 5 aromatic rings. The molecule has 5 rings (SSSR count). The molecule has 0 radical (unpaired) electrons. The predicted molar refractivity (Wildman–Crippen MR) is 137 cm³/mol. The molecule has 178 valence electrons. The Morgan fingerprint density at radius 1 is 1.06 bits per heavy atom. The van der Waals surface area contributed by atoms with Gasteiger partial charge in [-0.05, 0) is 73.4 Å². The second kappa shape index (κ2) is 10.2. The van der Waals surface area contributed by atoms with E-state index in [1.807, 2.05) is 70.9 Å². The molecule has 0 aliphatic carbocycles. The van der Waals surface area contributed by atoms with Crippen LogP contribution in [0.1, 0.15) is 39.9 Å². The van der Waals surface area contributed by atoms with E-state index in [1.54, 1.807) is 36.0 Å². The summed E-state index contributed by atoms with van der Waals surface area (Å²) in [4.78, 5) is 17.6. The van der Waals surface area contributed by atoms with Crippen LogP contribution in [0, 0.1) is 6.92 Å². The fourth-order valence-electron chi connectivity index (χ4n) is 3.93. The monoisotopic (exact) mass is 486 g/mol. The minimum Gasteiger partial charge on any atom is -0.487 e. The van der Waals surface area contributed by atoms with Crippen LogP contribution in [0.3, 0.4) is 0 Å². The lowest BCUT2D eigenvalue weighted by Gasteiger charge is -2.17. The van der Waals surface area contributed by atoms with Gasteiger partial charge in [0.15, 0.2) is 11.5 Å². The molecular formula is C26H26N6O2S.